The van der Waals surface area contributed by atoms with E-state index >= 15 is 0 Å². The molecule has 0 aliphatic rings. The van der Waals surface area contributed by atoms with Crippen molar-refractivity contribution in [2.45, 2.75) is 6.18 Å². The van der Waals surface area contributed by atoms with E-state index in [0.29, 0.717) is 10.7 Å². The molecule has 90 valence electrons. The smallest absolute Gasteiger partial charge is 0.274 e. The Balaban J connectivity index is 3.06. The predicted octanol–water partition coefficient (Wildman–Crippen LogP) is 1.07. The monoisotopic (exact) mass is 237 g/mol. The predicted molar refractivity (Wildman–Crippen MR) is 47.3 cm³/mol. The maximum absolute atomic E-state index is 12.4. The zero-order valence-corrected chi connectivity index (χ0v) is 8.87. The van der Waals surface area contributed by atoms with Gasteiger partial charge >= 0.3 is 6.18 Å². The molecule has 1 aromatic heterocycles. The second-order valence-corrected chi connectivity index (χ2v) is 3.02. The molecule has 0 saturated heterocycles. The van der Waals surface area contributed by atoms with Gasteiger partial charge in [0.05, 0.1) is 7.11 Å². The summed E-state index contributed by atoms with van der Waals surface area (Å²) >= 11 is 0. The highest BCUT2D eigenvalue weighted by Crippen LogP contribution is 2.29. The molecular weight excluding hydrogens is 227 g/mol. The van der Waals surface area contributed by atoms with Crippen molar-refractivity contribution >= 4 is 5.91 Å². The first-order chi connectivity index (χ1) is 7.27. The largest absolute Gasteiger partial charge is 0.433 e. The summed E-state index contributed by atoms with van der Waals surface area (Å²) in [6.45, 7) is 0. The molecule has 1 amide bonds. The molecule has 0 unspecified atom stereocenters. The van der Waals surface area contributed by atoms with Gasteiger partial charge in [0.1, 0.15) is 5.69 Å². The molecule has 0 aliphatic carbocycles. The van der Waals surface area contributed by atoms with Crippen LogP contribution in [0.1, 0.15) is 16.2 Å². The lowest BCUT2D eigenvalue weighted by molar-refractivity contribution is -0.143. The van der Waals surface area contributed by atoms with E-state index in [9.17, 15) is 18.0 Å². The molecule has 0 spiro atoms. The Morgan fingerprint density at radius 1 is 1.56 bits per heavy atom. The number of halogens is 3. The van der Waals surface area contributed by atoms with Crippen molar-refractivity contribution in [3.63, 3.8) is 0 Å². The van der Waals surface area contributed by atoms with Crippen LogP contribution in [0.4, 0.5) is 13.2 Å². The summed E-state index contributed by atoms with van der Waals surface area (Å²) in [4.78, 5) is 16.0. The summed E-state index contributed by atoms with van der Waals surface area (Å²) in [5.41, 5.74) is -1.31. The number of alkyl halides is 3. The lowest BCUT2D eigenvalue weighted by atomic mass is 10.3. The first-order valence-electron chi connectivity index (χ1n) is 4.20. The molecular formula is C8H10F3N3O2. The molecule has 5 nitrogen and oxygen atoms in total. The molecule has 1 rings (SSSR count). The Bertz CT molecular complexity index is 400. The SMILES string of the molecule is CON(C)C(=O)c1cc(C(F)(F)F)n(C)n1. The van der Waals surface area contributed by atoms with E-state index in [2.05, 4.69) is 9.94 Å². The number of carbonyl (C=O) groups is 1. The van der Waals surface area contributed by atoms with Gasteiger partial charge in [0.25, 0.3) is 5.91 Å². The summed E-state index contributed by atoms with van der Waals surface area (Å²) in [6.07, 6.45) is -4.54. The zero-order valence-electron chi connectivity index (χ0n) is 8.87. The summed E-state index contributed by atoms with van der Waals surface area (Å²) in [5.74, 6) is -0.742. The van der Waals surface area contributed by atoms with Gasteiger partial charge in [0.15, 0.2) is 5.69 Å². The van der Waals surface area contributed by atoms with Crippen molar-refractivity contribution in [2.75, 3.05) is 14.2 Å². The molecule has 0 radical (unpaired) electrons. The molecule has 1 heterocycles. The van der Waals surface area contributed by atoms with Crippen molar-refractivity contribution in [3.8, 4) is 0 Å². The van der Waals surface area contributed by atoms with Gasteiger partial charge in [-0.25, -0.2) is 5.06 Å². The Hall–Kier alpha value is -1.57. The van der Waals surface area contributed by atoms with Gasteiger partial charge in [0.2, 0.25) is 0 Å². The number of hydrogen-bond acceptors (Lipinski definition) is 3. The third kappa shape index (κ3) is 2.32. The van der Waals surface area contributed by atoms with Crippen LogP contribution >= 0.6 is 0 Å². The highest BCUT2D eigenvalue weighted by molar-refractivity contribution is 5.91. The minimum Gasteiger partial charge on any atom is -0.274 e. The second-order valence-electron chi connectivity index (χ2n) is 3.02. The highest BCUT2D eigenvalue weighted by atomic mass is 19.4. The molecule has 0 saturated carbocycles. The second kappa shape index (κ2) is 4.12. The first-order valence-corrected chi connectivity index (χ1v) is 4.20. The molecule has 0 aliphatic heterocycles. The van der Waals surface area contributed by atoms with Crippen LogP contribution in [-0.4, -0.2) is 34.9 Å². The Morgan fingerprint density at radius 2 is 2.12 bits per heavy atom. The van der Waals surface area contributed by atoms with Gasteiger partial charge in [-0.3, -0.25) is 14.3 Å². The van der Waals surface area contributed by atoms with Crippen molar-refractivity contribution < 1.29 is 22.8 Å². The molecule has 0 N–H and O–H groups in total. The number of amides is 1. The molecule has 8 heteroatoms. The number of aromatic nitrogens is 2. The Morgan fingerprint density at radius 3 is 2.50 bits per heavy atom. The maximum Gasteiger partial charge on any atom is 0.433 e. The fourth-order valence-electron chi connectivity index (χ4n) is 1.08. The Labute approximate surface area is 89.3 Å². The lowest BCUT2D eigenvalue weighted by Gasteiger charge is -2.10. The minimum atomic E-state index is -4.54. The van der Waals surface area contributed by atoms with E-state index in [4.69, 9.17) is 0 Å². The number of rotatable bonds is 2. The molecule has 0 atom stereocenters. The topological polar surface area (TPSA) is 47.4 Å². The normalized spacial score (nSPS) is 11.6. The fraction of sp³-hybridized carbons (Fsp3) is 0.500. The summed E-state index contributed by atoms with van der Waals surface area (Å²) in [6, 6.07) is 0.678. The minimum absolute atomic E-state index is 0.320. The maximum atomic E-state index is 12.4. The number of hydroxylamine groups is 2. The van der Waals surface area contributed by atoms with Gasteiger partial charge in [0, 0.05) is 20.2 Å². The quantitative estimate of drug-likeness (QED) is 0.723. The number of hydrogen-bond donors (Lipinski definition) is 0. The number of nitrogens with zero attached hydrogens (tertiary/aromatic N) is 3. The van der Waals surface area contributed by atoms with Crippen LogP contribution in [0.3, 0.4) is 0 Å². The first kappa shape index (κ1) is 12.5. The van der Waals surface area contributed by atoms with Crippen molar-refractivity contribution in [3.05, 3.63) is 17.5 Å². The van der Waals surface area contributed by atoms with E-state index in [-0.39, 0.29) is 5.69 Å². The summed E-state index contributed by atoms with van der Waals surface area (Å²) in [7, 11) is 3.63. The third-order valence-electron chi connectivity index (χ3n) is 1.95. The van der Waals surface area contributed by atoms with Crippen molar-refractivity contribution in [1.82, 2.24) is 14.8 Å². The average molecular weight is 237 g/mol. The zero-order chi connectivity index (χ0) is 12.5. The summed E-state index contributed by atoms with van der Waals surface area (Å²) in [5, 5.41) is 4.27. The average Bonchev–Trinajstić information content (AvgIpc) is 2.57. The Kier molecular flexibility index (Phi) is 3.22. The van der Waals surface area contributed by atoms with Crippen LogP contribution in [-0.2, 0) is 18.1 Å². The van der Waals surface area contributed by atoms with Crippen LogP contribution < -0.4 is 0 Å². The highest BCUT2D eigenvalue weighted by Gasteiger charge is 2.36. The van der Waals surface area contributed by atoms with Gasteiger partial charge in [-0.2, -0.15) is 18.3 Å². The fourth-order valence-corrected chi connectivity index (χ4v) is 1.08. The molecule has 0 bridgehead atoms. The van der Waals surface area contributed by atoms with Gasteiger partial charge in [-0.15, -0.1) is 0 Å². The number of carbonyl (C=O) groups excluding carboxylic acids is 1. The van der Waals surface area contributed by atoms with Crippen LogP contribution in [0.25, 0.3) is 0 Å². The van der Waals surface area contributed by atoms with Crippen LogP contribution in [0.15, 0.2) is 6.07 Å². The van der Waals surface area contributed by atoms with E-state index in [1.165, 1.54) is 14.2 Å². The van der Waals surface area contributed by atoms with Crippen LogP contribution in [0, 0.1) is 0 Å². The van der Waals surface area contributed by atoms with Crippen LogP contribution in [0.5, 0.6) is 0 Å². The third-order valence-corrected chi connectivity index (χ3v) is 1.95. The molecule has 0 fully saturated rings. The van der Waals surface area contributed by atoms with Crippen molar-refractivity contribution in [1.29, 1.82) is 0 Å². The van der Waals surface area contributed by atoms with Crippen molar-refractivity contribution in [2.24, 2.45) is 7.05 Å². The van der Waals surface area contributed by atoms with E-state index in [1.807, 2.05) is 0 Å². The van der Waals surface area contributed by atoms with Gasteiger partial charge in [-0.1, -0.05) is 0 Å². The van der Waals surface area contributed by atoms with Crippen LogP contribution in [0.2, 0.25) is 0 Å². The molecule has 16 heavy (non-hydrogen) atoms. The van der Waals surface area contributed by atoms with Gasteiger partial charge in [-0.05, 0) is 0 Å². The van der Waals surface area contributed by atoms with Gasteiger partial charge < -0.3 is 0 Å². The van der Waals surface area contributed by atoms with E-state index in [1.54, 1.807) is 0 Å². The lowest BCUT2D eigenvalue weighted by Crippen LogP contribution is -2.25. The molecule has 0 aromatic carbocycles. The standard InChI is InChI=1S/C8H10F3N3O2/c1-13-6(8(9,10)11)4-5(12-13)7(15)14(2)16-3/h4H,1-3H3. The number of aryl methyl sites for hydroxylation is 1. The van der Waals surface area contributed by atoms with E-state index in [0.717, 1.165) is 12.1 Å². The summed E-state index contributed by atoms with van der Waals surface area (Å²) < 4.78 is 37.8. The van der Waals surface area contributed by atoms with E-state index < -0.39 is 17.8 Å². The molecule has 1 aromatic rings.